The summed E-state index contributed by atoms with van der Waals surface area (Å²) in [5, 5.41) is 0. The largest absolute Gasteiger partial charge is 0.385 e. The summed E-state index contributed by atoms with van der Waals surface area (Å²) >= 11 is 0. The Labute approximate surface area is 108 Å². The van der Waals surface area contributed by atoms with Gasteiger partial charge in [-0.1, -0.05) is 18.2 Å². The SMILES string of the molecule is COCCCOCCC(CN)c1ccccc1F. The Morgan fingerprint density at radius 3 is 2.67 bits per heavy atom. The van der Waals surface area contributed by atoms with E-state index < -0.39 is 0 Å². The molecule has 0 spiro atoms. The zero-order chi connectivity index (χ0) is 13.2. The topological polar surface area (TPSA) is 44.5 Å². The third-order valence-electron chi connectivity index (χ3n) is 2.88. The van der Waals surface area contributed by atoms with Crippen molar-refractivity contribution >= 4 is 0 Å². The van der Waals surface area contributed by atoms with Crippen LogP contribution in [0.1, 0.15) is 24.3 Å². The molecule has 0 saturated carbocycles. The Morgan fingerprint density at radius 1 is 1.22 bits per heavy atom. The molecule has 4 heteroatoms. The van der Waals surface area contributed by atoms with Crippen LogP contribution in [-0.4, -0.2) is 33.5 Å². The van der Waals surface area contributed by atoms with Crippen LogP contribution in [-0.2, 0) is 9.47 Å². The molecule has 1 rings (SSSR count). The van der Waals surface area contributed by atoms with Crippen molar-refractivity contribution in [3.63, 3.8) is 0 Å². The summed E-state index contributed by atoms with van der Waals surface area (Å²) < 4.78 is 24.0. The van der Waals surface area contributed by atoms with E-state index in [-0.39, 0.29) is 11.7 Å². The number of halogens is 1. The Morgan fingerprint density at radius 2 is 2.00 bits per heavy atom. The molecule has 102 valence electrons. The van der Waals surface area contributed by atoms with Crippen molar-refractivity contribution in [3.05, 3.63) is 35.6 Å². The van der Waals surface area contributed by atoms with Crippen LogP contribution >= 0.6 is 0 Å². The third-order valence-corrected chi connectivity index (χ3v) is 2.88. The van der Waals surface area contributed by atoms with Crippen molar-refractivity contribution in [1.82, 2.24) is 0 Å². The molecule has 0 heterocycles. The molecule has 0 amide bonds. The van der Waals surface area contributed by atoms with E-state index in [0.29, 0.717) is 31.9 Å². The highest BCUT2D eigenvalue weighted by Crippen LogP contribution is 2.21. The highest BCUT2D eigenvalue weighted by molar-refractivity contribution is 5.21. The Bertz CT molecular complexity index is 333. The maximum absolute atomic E-state index is 13.6. The number of methoxy groups -OCH3 is 1. The molecule has 0 fully saturated rings. The molecule has 0 aromatic heterocycles. The fourth-order valence-corrected chi connectivity index (χ4v) is 1.84. The number of hydrogen-bond donors (Lipinski definition) is 1. The molecule has 0 radical (unpaired) electrons. The molecule has 18 heavy (non-hydrogen) atoms. The average Bonchev–Trinajstić information content (AvgIpc) is 2.39. The van der Waals surface area contributed by atoms with Gasteiger partial charge in [-0.25, -0.2) is 4.39 Å². The van der Waals surface area contributed by atoms with Gasteiger partial charge < -0.3 is 15.2 Å². The van der Waals surface area contributed by atoms with E-state index in [1.54, 1.807) is 19.2 Å². The van der Waals surface area contributed by atoms with Gasteiger partial charge in [0, 0.05) is 32.8 Å². The minimum atomic E-state index is -0.188. The fraction of sp³-hybridized carbons (Fsp3) is 0.571. The summed E-state index contributed by atoms with van der Waals surface area (Å²) in [5.74, 6) is -0.166. The Kier molecular flexibility index (Phi) is 7.57. The molecule has 2 N–H and O–H groups in total. The van der Waals surface area contributed by atoms with E-state index in [1.165, 1.54) is 6.07 Å². The zero-order valence-electron chi connectivity index (χ0n) is 10.9. The smallest absolute Gasteiger partial charge is 0.126 e. The molecule has 0 aliphatic heterocycles. The van der Waals surface area contributed by atoms with Gasteiger partial charge in [-0.15, -0.1) is 0 Å². The van der Waals surface area contributed by atoms with E-state index in [1.807, 2.05) is 6.07 Å². The van der Waals surface area contributed by atoms with Crippen molar-refractivity contribution in [2.45, 2.75) is 18.8 Å². The summed E-state index contributed by atoms with van der Waals surface area (Å²) in [7, 11) is 1.67. The molecule has 1 unspecified atom stereocenters. The van der Waals surface area contributed by atoms with Gasteiger partial charge >= 0.3 is 0 Å². The molecule has 0 aliphatic rings. The number of benzene rings is 1. The van der Waals surface area contributed by atoms with Crippen LogP contribution in [0.4, 0.5) is 4.39 Å². The average molecular weight is 255 g/mol. The molecule has 0 aliphatic carbocycles. The lowest BCUT2D eigenvalue weighted by molar-refractivity contribution is 0.0983. The lowest BCUT2D eigenvalue weighted by atomic mass is 9.96. The summed E-state index contributed by atoms with van der Waals surface area (Å²) in [6.45, 7) is 2.40. The first kappa shape index (κ1) is 15.1. The molecule has 0 bridgehead atoms. The van der Waals surface area contributed by atoms with Gasteiger partial charge in [-0.3, -0.25) is 0 Å². The van der Waals surface area contributed by atoms with Crippen LogP contribution in [0.5, 0.6) is 0 Å². The second kappa shape index (κ2) is 9.03. The van der Waals surface area contributed by atoms with Crippen LogP contribution in [0.25, 0.3) is 0 Å². The molecule has 1 aromatic rings. The lowest BCUT2D eigenvalue weighted by Gasteiger charge is -2.16. The lowest BCUT2D eigenvalue weighted by Crippen LogP contribution is -2.16. The van der Waals surface area contributed by atoms with Crippen LogP contribution in [0.15, 0.2) is 24.3 Å². The van der Waals surface area contributed by atoms with Crippen molar-refractivity contribution in [2.75, 3.05) is 33.5 Å². The zero-order valence-corrected chi connectivity index (χ0v) is 10.9. The van der Waals surface area contributed by atoms with E-state index in [2.05, 4.69) is 0 Å². The summed E-state index contributed by atoms with van der Waals surface area (Å²) in [6.07, 6.45) is 1.62. The molecular weight excluding hydrogens is 233 g/mol. The quantitative estimate of drug-likeness (QED) is 0.689. The number of hydrogen-bond acceptors (Lipinski definition) is 3. The number of rotatable bonds is 9. The third kappa shape index (κ3) is 5.12. The fourth-order valence-electron chi connectivity index (χ4n) is 1.84. The van der Waals surface area contributed by atoms with Gasteiger partial charge in [-0.05, 0) is 31.0 Å². The summed E-state index contributed by atoms with van der Waals surface area (Å²) in [4.78, 5) is 0. The van der Waals surface area contributed by atoms with Gasteiger partial charge in [0.15, 0.2) is 0 Å². The van der Waals surface area contributed by atoms with Gasteiger partial charge in [0.05, 0.1) is 0 Å². The van der Waals surface area contributed by atoms with Crippen molar-refractivity contribution in [1.29, 1.82) is 0 Å². The van der Waals surface area contributed by atoms with Crippen LogP contribution in [0.2, 0.25) is 0 Å². The monoisotopic (exact) mass is 255 g/mol. The predicted octanol–water partition coefficient (Wildman–Crippen LogP) is 2.31. The standard InChI is InChI=1S/C14H22FNO2/c1-17-8-4-9-18-10-7-12(11-16)13-5-2-3-6-14(13)15/h2-3,5-6,12H,4,7-11,16H2,1H3. The molecule has 3 nitrogen and oxygen atoms in total. The van der Waals surface area contributed by atoms with Gasteiger partial charge in [0.1, 0.15) is 5.82 Å². The van der Waals surface area contributed by atoms with Crippen molar-refractivity contribution in [2.24, 2.45) is 5.73 Å². The van der Waals surface area contributed by atoms with Crippen LogP contribution in [0.3, 0.4) is 0 Å². The van der Waals surface area contributed by atoms with E-state index >= 15 is 0 Å². The summed E-state index contributed by atoms with van der Waals surface area (Å²) in [6, 6.07) is 6.78. The van der Waals surface area contributed by atoms with E-state index in [4.69, 9.17) is 15.2 Å². The first-order chi connectivity index (χ1) is 8.79. The Hall–Kier alpha value is -0.970. The maximum Gasteiger partial charge on any atom is 0.126 e. The maximum atomic E-state index is 13.6. The normalized spacial score (nSPS) is 12.6. The molecule has 0 saturated heterocycles. The summed E-state index contributed by atoms with van der Waals surface area (Å²) in [5.41, 5.74) is 6.37. The molecular formula is C14H22FNO2. The van der Waals surface area contributed by atoms with E-state index in [0.717, 1.165) is 12.8 Å². The number of nitrogens with two attached hydrogens (primary N) is 1. The predicted molar refractivity (Wildman–Crippen MR) is 70.1 cm³/mol. The van der Waals surface area contributed by atoms with Gasteiger partial charge in [0.2, 0.25) is 0 Å². The minimum absolute atomic E-state index is 0.0219. The second-order valence-electron chi connectivity index (χ2n) is 4.20. The number of ether oxygens (including phenoxy) is 2. The second-order valence-corrected chi connectivity index (χ2v) is 4.20. The van der Waals surface area contributed by atoms with E-state index in [9.17, 15) is 4.39 Å². The van der Waals surface area contributed by atoms with Gasteiger partial charge in [-0.2, -0.15) is 0 Å². The molecule has 1 atom stereocenters. The van der Waals surface area contributed by atoms with Gasteiger partial charge in [0.25, 0.3) is 0 Å². The molecule has 1 aromatic carbocycles. The van der Waals surface area contributed by atoms with Crippen LogP contribution < -0.4 is 5.73 Å². The minimum Gasteiger partial charge on any atom is -0.385 e. The van der Waals surface area contributed by atoms with Crippen LogP contribution in [0, 0.1) is 5.82 Å². The first-order valence-corrected chi connectivity index (χ1v) is 6.30. The Balaban J connectivity index is 2.32. The highest BCUT2D eigenvalue weighted by atomic mass is 19.1. The van der Waals surface area contributed by atoms with Crippen molar-refractivity contribution in [3.8, 4) is 0 Å². The highest BCUT2D eigenvalue weighted by Gasteiger charge is 2.13. The van der Waals surface area contributed by atoms with Crippen molar-refractivity contribution < 1.29 is 13.9 Å². The first-order valence-electron chi connectivity index (χ1n) is 6.30.